The van der Waals surface area contributed by atoms with Crippen molar-refractivity contribution in [3.05, 3.63) is 0 Å². The van der Waals surface area contributed by atoms with Gasteiger partial charge in [0, 0.05) is 12.4 Å². The smallest absolute Gasteiger partial charge is 0.116 e. The van der Waals surface area contributed by atoms with Crippen molar-refractivity contribution in [2.24, 2.45) is 10.2 Å². The first-order chi connectivity index (χ1) is 5.33. The van der Waals surface area contributed by atoms with Gasteiger partial charge >= 0.3 is 0 Å². The Morgan fingerprint density at radius 2 is 1.36 bits per heavy atom. The van der Waals surface area contributed by atoms with Crippen LogP contribution in [-0.2, 0) is 4.79 Å². The fourth-order valence-corrected chi connectivity index (χ4v) is 0.258. The summed E-state index contributed by atoms with van der Waals surface area (Å²) in [6.07, 6.45) is 6.24. The fourth-order valence-electron chi connectivity index (χ4n) is 0.258. The molecular formula is C8H16N2O. The van der Waals surface area contributed by atoms with E-state index in [1.807, 2.05) is 13.8 Å². The first kappa shape index (κ1) is 12.7. The predicted molar refractivity (Wildman–Crippen MR) is 49.3 cm³/mol. The molecule has 3 heteroatoms. The number of carbonyl (C=O) groups excluding carboxylic acids is 1. The van der Waals surface area contributed by atoms with E-state index in [1.54, 1.807) is 12.4 Å². The second-order valence-corrected chi connectivity index (χ2v) is 1.65. The normalized spacial score (nSPS) is 9.73. The largest absolute Gasteiger partial charge is 0.304 e. The van der Waals surface area contributed by atoms with E-state index >= 15 is 0 Å². The monoisotopic (exact) mass is 156 g/mol. The molecule has 64 valence electrons. The number of hydrogen-bond donors (Lipinski definition) is 0. The van der Waals surface area contributed by atoms with Crippen molar-refractivity contribution in [2.75, 3.05) is 0 Å². The van der Waals surface area contributed by atoms with Crippen LogP contribution >= 0.6 is 0 Å². The number of carbonyl (C=O) groups is 1. The maximum absolute atomic E-state index is 8.81. The van der Waals surface area contributed by atoms with Crippen LogP contribution < -0.4 is 0 Å². The minimum Gasteiger partial charge on any atom is -0.304 e. The van der Waals surface area contributed by atoms with Gasteiger partial charge in [0.25, 0.3) is 0 Å². The summed E-state index contributed by atoms with van der Waals surface area (Å²) in [6.45, 7) is 5.51. The van der Waals surface area contributed by atoms with Crippen LogP contribution in [0.2, 0.25) is 0 Å². The number of nitrogens with zero attached hydrogens (tertiary/aromatic N) is 2. The summed E-state index contributed by atoms with van der Waals surface area (Å²) in [5.41, 5.74) is 0. The van der Waals surface area contributed by atoms with Crippen LogP contribution in [0.25, 0.3) is 0 Å². The second kappa shape index (κ2) is 16.0. The van der Waals surface area contributed by atoms with Crippen molar-refractivity contribution < 1.29 is 4.79 Å². The zero-order valence-electron chi connectivity index (χ0n) is 7.45. The molecule has 0 saturated heterocycles. The molecule has 0 bridgehead atoms. The molecule has 0 aromatic carbocycles. The lowest BCUT2D eigenvalue weighted by molar-refractivity contribution is -0.106. The van der Waals surface area contributed by atoms with Gasteiger partial charge in [0.15, 0.2) is 0 Å². The van der Waals surface area contributed by atoms with Crippen molar-refractivity contribution in [1.29, 1.82) is 0 Å². The van der Waals surface area contributed by atoms with Gasteiger partial charge in [-0.2, -0.15) is 10.2 Å². The van der Waals surface area contributed by atoms with Crippen molar-refractivity contribution >= 4 is 18.7 Å². The quantitative estimate of drug-likeness (QED) is 0.350. The van der Waals surface area contributed by atoms with Gasteiger partial charge in [-0.3, -0.25) is 0 Å². The molecule has 0 aliphatic carbocycles. The predicted octanol–water partition coefficient (Wildman–Crippen LogP) is 2.07. The molecule has 0 aromatic rings. The van der Waals surface area contributed by atoms with E-state index in [4.69, 9.17) is 4.79 Å². The Hall–Kier alpha value is -0.990. The summed E-state index contributed by atoms with van der Waals surface area (Å²) in [7, 11) is 0. The number of hydrogen-bond acceptors (Lipinski definition) is 3. The molecule has 0 aliphatic heterocycles. The summed E-state index contributed by atoms with van der Waals surface area (Å²) >= 11 is 0. The molecule has 0 aromatic heterocycles. The first-order valence-electron chi connectivity index (χ1n) is 3.76. The van der Waals surface area contributed by atoms with E-state index < -0.39 is 0 Å². The van der Waals surface area contributed by atoms with Crippen molar-refractivity contribution in [3.8, 4) is 0 Å². The zero-order valence-corrected chi connectivity index (χ0v) is 7.45. The Morgan fingerprint density at radius 3 is 1.55 bits per heavy atom. The van der Waals surface area contributed by atoms with Gasteiger partial charge in [-0.05, 0) is 19.8 Å². The molecule has 11 heavy (non-hydrogen) atoms. The summed E-state index contributed by atoms with van der Waals surface area (Å²) in [4.78, 5) is 8.81. The highest BCUT2D eigenvalue weighted by Crippen LogP contribution is 1.72. The molecule has 0 heterocycles. The average Bonchev–Trinajstić information content (AvgIpc) is 2.00. The highest BCUT2D eigenvalue weighted by Gasteiger charge is 1.63. The van der Waals surface area contributed by atoms with Crippen molar-refractivity contribution in [3.63, 3.8) is 0 Å². The van der Waals surface area contributed by atoms with E-state index in [-0.39, 0.29) is 0 Å². The maximum atomic E-state index is 8.81. The van der Waals surface area contributed by atoms with Gasteiger partial charge in [-0.1, -0.05) is 13.8 Å². The summed E-state index contributed by atoms with van der Waals surface area (Å²) in [5.74, 6) is 0. The van der Waals surface area contributed by atoms with E-state index in [1.165, 1.54) is 6.92 Å². The van der Waals surface area contributed by atoms with Crippen molar-refractivity contribution in [2.45, 2.75) is 33.6 Å². The van der Waals surface area contributed by atoms with Gasteiger partial charge in [0.2, 0.25) is 0 Å². The highest BCUT2D eigenvalue weighted by atomic mass is 16.1. The molecule has 0 unspecified atom stereocenters. The van der Waals surface area contributed by atoms with Gasteiger partial charge in [-0.25, -0.2) is 0 Å². The van der Waals surface area contributed by atoms with Crippen LogP contribution in [0.5, 0.6) is 0 Å². The maximum Gasteiger partial charge on any atom is 0.116 e. The number of rotatable bonds is 3. The van der Waals surface area contributed by atoms with Crippen molar-refractivity contribution in [1.82, 2.24) is 0 Å². The van der Waals surface area contributed by atoms with E-state index in [0.717, 1.165) is 19.1 Å². The summed E-state index contributed by atoms with van der Waals surface area (Å²) in [5, 5.41) is 7.45. The average molecular weight is 156 g/mol. The first-order valence-corrected chi connectivity index (χ1v) is 3.76. The van der Waals surface area contributed by atoms with Crippen LogP contribution in [0, 0.1) is 0 Å². The molecule has 3 nitrogen and oxygen atoms in total. The van der Waals surface area contributed by atoms with E-state index in [0.29, 0.717) is 0 Å². The van der Waals surface area contributed by atoms with Gasteiger partial charge in [0.05, 0.1) is 0 Å². The van der Waals surface area contributed by atoms with E-state index in [9.17, 15) is 0 Å². The zero-order chi connectivity index (χ0) is 8.95. The molecule has 0 rings (SSSR count). The minimum absolute atomic E-state index is 0.750. The molecular weight excluding hydrogens is 140 g/mol. The van der Waals surface area contributed by atoms with Crippen LogP contribution in [0.4, 0.5) is 0 Å². The van der Waals surface area contributed by atoms with E-state index in [2.05, 4.69) is 10.2 Å². The summed E-state index contributed by atoms with van der Waals surface area (Å²) in [6, 6.07) is 0. The van der Waals surface area contributed by atoms with Gasteiger partial charge in [0.1, 0.15) is 6.29 Å². The molecule has 0 N–H and O–H groups in total. The lowest BCUT2D eigenvalue weighted by Crippen LogP contribution is -1.66. The standard InChI is InChI=1S/C6H12N2.C2H4O/c1-3-5-7-8-6-4-2;1-2-3/h5-6H,3-4H2,1-2H3;2H,1H3. The Kier molecular flexibility index (Phi) is 18.4. The van der Waals surface area contributed by atoms with Gasteiger partial charge in [-0.15, -0.1) is 0 Å². The Balaban J connectivity index is 0. The Bertz CT molecular complexity index is 107. The fraction of sp³-hybridized carbons (Fsp3) is 0.625. The molecule has 0 atom stereocenters. The number of aldehydes is 1. The Labute approximate surface area is 68.2 Å². The topological polar surface area (TPSA) is 41.8 Å². The molecule has 0 radical (unpaired) electrons. The molecule has 0 amide bonds. The second-order valence-electron chi connectivity index (χ2n) is 1.65. The Morgan fingerprint density at radius 1 is 1.09 bits per heavy atom. The lowest BCUT2D eigenvalue weighted by Gasteiger charge is -1.74. The summed E-state index contributed by atoms with van der Waals surface area (Å²) < 4.78 is 0. The molecule has 0 aliphatic rings. The third-order valence-corrected chi connectivity index (χ3v) is 0.595. The minimum atomic E-state index is 0.750. The third-order valence-electron chi connectivity index (χ3n) is 0.595. The highest BCUT2D eigenvalue weighted by molar-refractivity contribution is 5.60. The third kappa shape index (κ3) is 27.5. The SMILES string of the molecule is CC=O.CCC=NN=CCC. The van der Waals surface area contributed by atoms with Crippen LogP contribution in [0.3, 0.4) is 0 Å². The van der Waals surface area contributed by atoms with Crippen LogP contribution in [0.15, 0.2) is 10.2 Å². The van der Waals surface area contributed by atoms with Gasteiger partial charge < -0.3 is 4.79 Å². The molecule has 0 spiro atoms. The molecule has 0 saturated carbocycles. The van der Waals surface area contributed by atoms with Crippen LogP contribution in [0.1, 0.15) is 33.6 Å². The van der Waals surface area contributed by atoms with Crippen LogP contribution in [-0.4, -0.2) is 18.7 Å². The molecule has 0 fully saturated rings. The lowest BCUT2D eigenvalue weighted by atomic mass is 10.5.